The highest BCUT2D eigenvalue weighted by Gasteiger charge is 2.17. The summed E-state index contributed by atoms with van der Waals surface area (Å²) in [5, 5.41) is 3.39. The third-order valence-electron chi connectivity index (χ3n) is 4.16. The van der Waals surface area contributed by atoms with Crippen molar-refractivity contribution in [2.24, 2.45) is 5.92 Å². The van der Waals surface area contributed by atoms with Crippen molar-refractivity contribution in [2.75, 3.05) is 39.8 Å². The zero-order chi connectivity index (χ0) is 11.9. The van der Waals surface area contributed by atoms with E-state index in [-0.39, 0.29) is 0 Å². The predicted molar refractivity (Wildman–Crippen MR) is 71.3 cm³/mol. The van der Waals surface area contributed by atoms with E-state index in [1.807, 2.05) is 0 Å². The van der Waals surface area contributed by atoms with Crippen LogP contribution in [-0.2, 0) is 4.74 Å². The van der Waals surface area contributed by atoms with E-state index in [0.717, 1.165) is 32.2 Å². The number of morpholine rings is 1. The zero-order valence-electron chi connectivity index (χ0n) is 11.3. The molecule has 2 rings (SSSR count). The number of hydrogen-bond donors (Lipinski definition) is 1. The van der Waals surface area contributed by atoms with Crippen molar-refractivity contribution in [1.82, 2.24) is 10.2 Å². The molecule has 0 aromatic heterocycles. The third kappa shape index (κ3) is 4.94. The first-order chi connectivity index (χ1) is 8.34. The Morgan fingerprint density at radius 1 is 1.24 bits per heavy atom. The summed E-state index contributed by atoms with van der Waals surface area (Å²) in [6.07, 6.45) is 9.11. The summed E-state index contributed by atoms with van der Waals surface area (Å²) in [6, 6.07) is 0. The van der Waals surface area contributed by atoms with Crippen molar-refractivity contribution in [3.05, 3.63) is 0 Å². The average Bonchev–Trinajstić information content (AvgIpc) is 2.39. The molecule has 2 fully saturated rings. The molecule has 1 aliphatic heterocycles. The number of likely N-dealkylation sites (N-methyl/N-ethyl adjacent to an activating group) is 1. The van der Waals surface area contributed by atoms with E-state index in [1.165, 1.54) is 45.1 Å². The van der Waals surface area contributed by atoms with E-state index >= 15 is 0 Å². The van der Waals surface area contributed by atoms with Crippen LogP contribution in [0.1, 0.15) is 38.5 Å². The highest BCUT2D eigenvalue weighted by molar-refractivity contribution is 4.72. The van der Waals surface area contributed by atoms with Gasteiger partial charge in [-0.25, -0.2) is 0 Å². The lowest BCUT2D eigenvalue weighted by Crippen LogP contribution is -2.44. The van der Waals surface area contributed by atoms with Crippen molar-refractivity contribution in [3.63, 3.8) is 0 Å². The molecule has 1 aliphatic carbocycles. The van der Waals surface area contributed by atoms with Gasteiger partial charge in [0.05, 0.1) is 12.7 Å². The molecular weight excluding hydrogens is 212 g/mol. The van der Waals surface area contributed by atoms with Gasteiger partial charge in [0.2, 0.25) is 0 Å². The van der Waals surface area contributed by atoms with E-state index in [4.69, 9.17) is 4.74 Å². The molecule has 3 nitrogen and oxygen atoms in total. The first-order valence-electron chi connectivity index (χ1n) is 7.35. The summed E-state index contributed by atoms with van der Waals surface area (Å²) in [6.45, 7) is 5.24. The number of hydrogen-bond acceptors (Lipinski definition) is 3. The van der Waals surface area contributed by atoms with Crippen LogP contribution in [0, 0.1) is 5.92 Å². The van der Waals surface area contributed by atoms with Crippen LogP contribution in [-0.4, -0.2) is 50.8 Å². The van der Waals surface area contributed by atoms with Crippen LogP contribution < -0.4 is 5.32 Å². The second kappa shape index (κ2) is 7.34. The molecule has 2 aliphatic rings. The molecule has 1 heterocycles. The Hall–Kier alpha value is -0.120. The minimum Gasteiger partial charge on any atom is -0.374 e. The van der Waals surface area contributed by atoms with Gasteiger partial charge in [-0.2, -0.15) is 0 Å². The SMILES string of the molecule is CN(CCC1CCCCC1)CC1CNCCO1. The molecule has 100 valence electrons. The Morgan fingerprint density at radius 3 is 2.76 bits per heavy atom. The number of rotatable bonds is 5. The van der Waals surface area contributed by atoms with Crippen molar-refractivity contribution in [3.8, 4) is 0 Å². The van der Waals surface area contributed by atoms with Gasteiger partial charge in [-0.15, -0.1) is 0 Å². The zero-order valence-corrected chi connectivity index (χ0v) is 11.3. The highest BCUT2D eigenvalue weighted by Crippen LogP contribution is 2.26. The molecular formula is C14H28N2O. The Balaban J connectivity index is 1.57. The van der Waals surface area contributed by atoms with E-state index < -0.39 is 0 Å². The Labute approximate surface area is 106 Å². The molecule has 0 amide bonds. The van der Waals surface area contributed by atoms with E-state index in [9.17, 15) is 0 Å². The maximum absolute atomic E-state index is 5.74. The normalized spacial score (nSPS) is 27.5. The Kier molecular flexibility index (Phi) is 5.75. The van der Waals surface area contributed by atoms with Crippen molar-refractivity contribution in [1.29, 1.82) is 0 Å². The highest BCUT2D eigenvalue weighted by atomic mass is 16.5. The fraction of sp³-hybridized carbons (Fsp3) is 1.00. The first kappa shape index (κ1) is 13.3. The van der Waals surface area contributed by atoms with E-state index in [2.05, 4.69) is 17.3 Å². The fourth-order valence-electron chi connectivity index (χ4n) is 3.05. The maximum Gasteiger partial charge on any atom is 0.0826 e. The Morgan fingerprint density at radius 2 is 2.06 bits per heavy atom. The summed E-state index contributed by atoms with van der Waals surface area (Å²) in [5.74, 6) is 0.997. The van der Waals surface area contributed by atoms with Gasteiger partial charge in [0.1, 0.15) is 0 Å². The topological polar surface area (TPSA) is 24.5 Å². The maximum atomic E-state index is 5.74. The minimum atomic E-state index is 0.403. The van der Waals surface area contributed by atoms with E-state index in [0.29, 0.717) is 6.10 Å². The van der Waals surface area contributed by atoms with Gasteiger partial charge in [-0.05, 0) is 25.9 Å². The Bertz CT molecular complexity index is 198. The van der Waals surface area contributed by atoms with Crippen LogP contribution >= 0.6 is 0 Å². The molecule has 0 bridgehead atoms. The quantitative estimate of drug-likeness (QED) is 0.794. The van der Waals surface area contributed by atoms with Crippen LogP contribution in [0.25, 0.3) is 0 Å². The molecule has 1 atom stereocenters. The van der Waals surface area contributed by atoms with Gasteiger partial charge >= 0.3 is 0 Å². The summed E-state index contributed by atoms with van der Waals surface area (Å²) in [5.41, 5.74) is 0. The number of nitrogens with one attached hydrogen (secondary N) is 1. The summed E-state index contributed by atoms with van der Waals surface area (Å²) in [7, 11) is 2.24. The lowest BCUT2D eigenvalue weighted by Gasteiger charge is -2.29. The van der Waals surface area contributed by atoms with Crippen molar-refractivity contribution >= 4 is 0 Å². The minimum absolute atomic E-state index is 0.403. The second-order valence-electron chi connectivity index (χ2n) is 5.75. The largest absolute Gasteiger partial charge is 0.374 e. The van der Waals surface area contributed by atoms with E-state index in [1.54, 1.807) is 0 Å². The first-order valence-corrected chi connectivity index (χ1v) is 7.35. The number of nitrogens with zero attached hydrogens (tertiary/aromatic N) is 1. The van der Waals surface area contributed by atoms with Crippen LogP contribution in [0.15, 0.2) is 0 Å². The van der Waals surface area contributed by atoms with Gasteiger partial charge in [0.25, 0.3) is 0 Å². The summed E-state index contributed by atoms with van der Waals surface area (Å²) in [4.78, 5) is 2.45. The molecule has 0 radical (unpaired) electrons. The van der Waals surface area contributed by atoms with Gasteiger partial charge in [-0.3, -0.25) is 0 Å². The molecule has 1 N–H and O–H groups in total. The van der Waals surface area contributed by atoms with Gasteiger partial charge < -0.3 is 15.0 Å². The van der Waals surface area contributed by atoms with Gasteiger partial charge in [0.15, 0.2) is 0 Å². The predicted octanol–water partition coefficient (Wildman–Crippen LogP) is 1.88. The molecule has 0 aromatic rings. The standard InChI is InChI=1S/C14H28N2O/c1-16(12-14-11-15-8-10-17-14)9-7-13-5-3-2-4-6-13/h13-15H,2-12H2,1H3. The molecule has 1 saturated carbocycles. The molecule has 1 unspecified atom stereocenters. The third-order valence-corrected chi connectivity index (χ3v) is 4.16. The molecule has 3 heteroatoms. The van der Waals surface area contributed by atoms with Gasteiger partial charge in [-0.1, -0.05) is 32.1 Å². The molecule has 1 saturated heterocycles. The van der Waals surface area contributed by atoms with Crippen molar-refractivity contribution < 1.29 is 4.74 Å². The van der Waals surface area contributed by atoms with Crippen LogP contribution in [0.5, 0.6) is 0 Å². The lowest BCUT2D eigenvalue weighted by atomic mass is 9.87. The number of ether oxygens (including phenoxy) is 1. The van der Waals surface area contributed by atoms with Gasteiger partial charge in [0, 0.05) is 19.6 Å². The monoisotopic (exact) mass is 240 g/mol. The summed E-state index contributed by atoms with van der Waals surface area (Å²) >= 11 is 0. The molecule has 17 heavy (non-hydrogen) atoms. The van der Waals surface area contributed by atoms with Crippen molar-refractivity contribution in [2.45, 2.75) is 44.6 Å². The fourth-order valence-corrected chi connectivity index (χ4v) is 3.05. The summed E-state index contributed by atoms with van der Waals surface area (Å²) < 4.78 is 5.74. The average molecular weight is 240 g/mol. The van der Waals surface area contributed by atoms with Crippen LogP contribution in [0.4, 0.5) is 0 Å². The molecule has 0 spiro atoms. The molecule has 0 aromatic carbocycles. The second-order valence-corrected chi connectivity index (χ2v) is 5.75. The smallest absolute Gasteiger partial charge is 0.0826 e. The van der Waals surface area contributed by atoms with Crippen LogP contribution in [0.2, 0.25) is 0 Å². The van der Waals surface area contributed by atoms with Crippen LogP contribution in [0.3, 0.4) is 0 Å². The lowest BCUT2D eigenvalue weighted by molar-refractivity contribution is 0.00913.